The Morgan fingerprint density at radius 2 is 2.14 bits per heavy atom. The largest absolute Gasteiger partial charge is 0.494 e. The zero-order valence-electron chi connectivity index (χ0n) is 11.8. The maximum absolute atomic E-state index is 13.6. The molecule has 21 heavy (non-hydrogen) atoms. The van der Waals surface area contributed by atoms with Crippen LogP contribution in [-0.4, -0.2) is 30.1 Å². The molecule has 1 heterocycles. The Bertz CT molecular complexity index is 642. The van der Waals surface area contributed by atoms with E-state index < -0.39 is 11.8 Å². The number of carboxylic acid groups (broad SMARTS) is 1. The number of carboxylic acids is 1. The zero-order chi connectivity index (χ0) is 15.4. The number of methoxy groups -OCH3 is 1. The van der Waals surface area contributed by atoms with E-state index in [1.807, 2.05) is 11.9 Å². The number of hydrogen-bond acceptors (Lipinski definition) is 4. The Hall–Kier alpha value is -1.92. The van der Waals surface area contributed by atoms with Gasteiger partial charge in [0.05, 0.1) is 7.11 Å². The van der Waals surface area contributed by atoms with Crippen molar-refractivity contribution in [3.8, 4) is 5.75 Å². The fourth-order valence-corrected chi connectivity index (χ4v) is 2.87. The second-order valence-electron chi connectivity index (χ2n) is 4.72. The lowest BCUT2D eigenvalue weighted by Gasteiger charge is -2.17. The van der Waals surface area contributed by atoms with Gasteiger partial charge in [-0.1, -0.05) is 6.07 Å². The molecular weight excluding hydrogens is 293 g/mol. The van der Waals surface area contributed by atoms with Gasteiger partial charge in [-0.3, -0.25) is 4.90 Å². The first-order valence-electron chi connectivity index (χ1n) is 6.32. The van der Waals surface area contributed by atoms with E-state index in [4.69, 9.17) is 9.84 Å². The number of halogens is 1. The number of carbonyl (C=O) groups is 1. The van der Waals surface area contributed by atoms with Crippen molar-refractivity contribution in [1.29, 1.82) is 0 Å². The van der Waals surface area contributed by atoms with E-state index in [0.717, 1.165) is 11.1 Å². The van der Waals surface area contributed by atoms with E-state index in [2.05, 4.69) is 0 Å². The fraction of sp³-hybridized carbons (Fsp3) is 0.267. The summed E-state index contributed by atoms with van der Waals surface area (Å²) in [6, 6.07) is 6.62. The smallest absolute Gasteiger partial charge is 0.346 e. The minimum Gasteiger partial charge on any atom is -0.494 e. The molecule has 0 atom stereocenters. The summed E-state index contributed by atoms with van der Waals surface area (Å²) in [6.45, 7) is 1.02. The predicted octanol–water partition coefficient (Wildman–Crippen LogP) is 3.23. The average Bonchev–Trinajstić information content (AvgIpc) is 2.87. The molecule has 0 aliphatic heterocycles. The van der Waals surface area contributed by atoms with Crippen molar-refractivity contribution in [2.24, 2.45) is 0 Å². The van der Waals surface area contributed by atoms with Crippen LogP contribution < -0.4 is 4.74 Å². The molecule has 1 aromatic heterocycles. The summed E-state index contributed by atoms with van der Waals surface area (Å²) < 4.78 is 18.5. The van der Waals surface area contributed by atoms with E-state index in [9.17, 15) is 9.18 Å². The molecule has 2 aromatic rings. The van der Waals surface area contributed by atoms with Gasteiger partial charge in [0, 0.05) is 13.1 Å². The third-order valence-corrected chi connectivity index (χ3v) is 3.99. The van der Waals surface area contributed by atoms with Crippen molar-refractivity contribution in [1.82, 2.24) is 4.90 Å². The minimum absolute atomic E-state index is 0.215. The van der Waals surface area contributed by atoms with Gasteiger partial charge in [0.25, 0.3) is 0 Å². The zero-order valence-corrected chi connectivity index (χ0v) is 12.6. The highest BCUT2D eigenvalue weighted by molar-refractivity contribution is 7.12. The molecule has 1 N–H and O–H groups in total. The third-order valence-electron chi connectivity index (χ3n) is 3.05. The van der Waals surface area contributed by atoms with Gasteiger partial charge >= 0.3 is 5.97 Å². The predicted molar refractivity (Wildman–Crippen MR) is 79.4 cm³/mol. The van der Waals surface area contributed by atoms with Crippen LogP contribution in [0.3, 0.4) is 0 Å². The van der Waals surface area contributed by atoms with Gasteiger partial charge in [-0.25, -0.2) is 9.18 Å². The fourth-order valence-electron chi connectivity index (χ4n) is 2.11. The Labute approximate surface area is 126 Å². The summed E-state index contributed by atoms with van der Waals surface area (Å²) >= 11 is 1.21. The maximum atomic E-state index is 13.6. The summed E-state index contributed by atoms with van der Waals surface area (Å²) in [7, 11) is 3.29. The molecule has 1 aromatic carbocycles. The second kappa shape index (κ2) is 6.69. The highest BCUT2D eigenvalue weighted by Gasteiger charge is 2.13. The summed E-state index contributed by atoms with van der Waals surface area (Å²) in [6.07, 6.45) is 0. The van der Waals surface area contributed by atoms with Gasteiger partial charge in [-0.15, -0.1) is 11.3 Å². The Balaban J connectivity index is 2.04. The molecule has 0 radical (unpaired) electrons. The quantitative estimate of drug-likeness (QED) is 0.890. The van der Waals surface area contributed by atoms with Crippen LogP contribution in [0.25, 0.3) is 0 Å². The van der Waals surface area contributed by atoms with Crippen molar-refractivity contribution in [3.63, 3.8) is 0 Å². The van der Waals surface area contributed by atoms with Crippen LogP contribution >= 0.6 is 11.3 Å². The Morgan fingerprint density at radius 3 is 2.76 bits per heavy atom. The first-order valence-corrected chi connectivity index (χ1v) is 7.20. The second-order valence-corrected chi connectivity index (χ2v) is 5.64. The molecule has 0 bridgehead atoms. The van der Waals surface area contributed by atoms with E-state index >= 15 is 0 Å². The van der Waals surface area contributed by atoms with Gasteiger partial charge in [-0.2, -0.15) is 0 Å². The van der Waals surface area contributed by atoms with Crippen LogP contribution in [0.2, 0.25) is 0 Å². The van der Waals surface area contributed by atoms with E-state index in [1.54, 1.807) is 23.6 Å². The Kier molecular flexibility index (Phi) is 4.93. The molecule has 0 aliphatic carbocycles. The van der Waals surface area contributed by atoms with Crippen LogP contribution in [0.15, 0.2) is 29.6 Å². The van der Waals surface area contributed by atoms with Gasteiger partial charge < -0.3 is 9.84 Å². The standard InChI is InChI=1S/C15H16FNO3S/c1-17(9-11-5-6-21-14(11)15(18)19)8-10-3-4-13(20-2)12(16)7-10/h3-7H,8-9H2,1-2H3,(H,18,19). The van der Waals surface area contributed by atoms with Gasteiger partial charge in [-0.05, 0) is 41.8 Å². The van der Waals surface area contributed by atoms with Crippen molar-refractivity contribution in [3.05, 3.63) is 51.5 Å². The number of nitrogens with zero attached hydrogens (tertiary/aromatic N) is 1. The number of hydrogen-bond donors (Lipinski definition) is 1. The highest BCUT2D eigenvalue weighted by atomic mass is 32.1. The van der Waals surface area contributed by atoms with E-state index in [-0.39, 0.29) is 5.75 Å². The lowest BCUT2D eigenvalue weighted by atomic mass is 10.2. The van der Waals surface area contributed by atoms with Crippen LogP contribution in [-0.2, 0) is 13.1 Å². The summed E-state index contributed by atoms with van der Waals surface area (Å²) in [5.74, 6) is -1.10. The molecule has 0 saturated carbocycles. The van der Waals surface area contributed by atoms with E-state index in [0.29, 0.717) is 18.0 Å². The molecule has 0 unspecified atom stereocenters. The molecule has 0 aliphatic rings. The topological polar surface area (TPSA) is 49.8 Å². The first kappa shape index (κ1) is 15.5. The average molecular weight is 309 g/mol. The number of rotatable bonds is 6. The molecule has 112 valence electrons. The monoisotopic (exact) mass is 309 g/mol. The molecular formula is C15H16FNO3S. The molecule has 4 nitrogen and oxygen atoms in total. The molecule has 0 saturated heterocycles. The summed E-state index contributed by atoms with van der Waals surface area (Å²) in [4.78, 5) is 13.4. The molecule has 0 fully saturated rings. The normalized spacial score (nSPS) is 10.9. The van der Waals surface area contributed by atoms with Gasteiger partial charge in [0.2, 0.25) is 0 Å². The lowest BCUT2D eigenvalue weighted by Crippen LogP contribution is -2.18. The van der Waals surface area contributed by atoms with Crippen LogP contribution in [0.1, 0.15) is 20.8 Å². The van der Waals surface area contributed by atoms with Crippen LogP contribution in [0.4, 0.5) is 4.39 Å². The SMILES string of the molecule is COc1ccc(CN(C)Cc2ccsc2C(=O)O)cc1F. The molecule has 2 rings (SSSR count). The first-order chi connectivity index (χ1) is 10.0. The number of ether oxygens (including phenoxy) is 1. The molecule has 0 amide bonds. The van der Waals surface area contributed by atoms with Crippen molar-refractivity contribution < 1.29 is 19.0 Å². The number of thiophene rings is 1. The Morgan fingerprint density at radius 1 is 1.38 bits per heavy atom. The van der Waals surface area contributed by atoms with Crippen molar-refractivity contribution >= 4 is 17.3 Å². The van der Waals surface area contributed by atoms with Gasteiger partial charge in [0.1, 0.15) is 4.88 Å². The van der Waals surface area contributed by atoms with Crippen LogP contribution in [0.5, 0.6) is 5.75 Å². The molecule has 6 heteroatoms. The minimum atomic E-state index is -0.913. The lowest BCUT2D eigenvalue weighted by molar-refractivity contribution is 0.0700. The van der Waals surface area contributed by atoms with Gasteiger partial charge in [0.15, 0.2) is 11.6 Å². The maximum Gasteiger partial charge on any atom is 0.346 e. The van der Waals surface area contributed by atoms with Crippen molar-refractivity contribution in [2.45, 2.75) is 13.1 Å². The third kappa shape index (κ3) is 3.80. The number of benzene rings is 1. The van der Waals surface area contributed by atoms with Crippen LogP contribution in [0, 0.1) is 5.82 Å². The number of aromatic carboxylic acids is 1. The van der Waals surface area contributed by atoms with Crippen molar-refractivity contribution in [2.75, 3.05) is 14.2 Å². The summed E-state index contributed by atoms with van der Waals surface area (Å²) in [5.41, 5.74) is 1.58. The molecule has 0 spiro atoms. The van der Waals surface area contributed by atoms with E-state index in [1.165, 1.54) is 24.5 Å². The summed E-state index contributed by atoms with van der Waals surface area (Å²) in [5, 5.41) is 10.8. The highest BCUT2D eigenvalue weighted by Crippen LogP contribution is 2.21.